The molecule has 1 aliphatic rings. The van der Waals surface area contributed by atoms with Crippen molar-refractivity contribution in [3.05, 3.63) is 51.8 Å². The number of imide groups is 1. The molecule has 0 bridgehead atoms. The lowest BCUT2D eigenvalue weighted by molar-refractivity contribution is -0.123. The molecule has 0 saturated carbocycles. The molecule has 4 rings (SSSR count). The van der Waals surface area contributed by atoms with Crippen molar-refractivity contribution >= 4 is 45.1 Å². The highest BCUT2D eigenvalue weighted by Crippen LogP contribution is 2.32. The second-order valence-electron chi connectivity index (χ2n) is 7.16. The quantitative estimate of drug-likeness (QED) is 0.576. The molecule has 148 valence electrons. The molecule has 1 saturated heterocycles. The summed E-state index contributed by atoms with van der Waals surface area (Å²) >= 11 is 1.32. The highest BCUT2D eigenvalue weighted by Gasteiger charge is 2.43. The summed E-state index contributed by atoms with van der Waals surface area (Å²) in [5.74, 6) is -0.0263. The van der Waals surface area contributed by atoms with Crippen molar-refractivity contribution in [2.45, 2.75) is 33.2 Å². The van der Waals surface area contributed by atoms with Crippen LogP contribution in [0.5, 0.6) is 0 Å². The highest BCUT2D eigenvalue weighted by atomic mass is 32.1. The lowest BCUT2D eigenvalue weighted by atomic mass is 9.92. The van der Waals surface area contributed by atoms with E-state index in [1.807, 2.05) is 20.8 Å². The number of nitrogens with zero attached hydrogens (tertiary/aromatic N) is 2. The zero-order valence-electron chi connectivity index (χ0n) is 16.3. The first-order valence-electron chi connectivity index (χ1n) is 8.99. The van der Waals surface area contributed by atoms with Gasteiger partial charge in [-0.2, -0.15) is 0 Å². The molecule has 0 spiro atoms. The first-order valence-corrected chi connectivity index (χ1v) is 9.80. The highest BCUT2D eigenvalue weighted by molar-refractivity contribution is 7.20. The molecule has 8 nitrogen and oxygen atoms in total. The number of aromatic nitrogens is 2. The number of anilines is 1. The molecule has 3 N–H and O–H groups in total. The number of hydrogen-bond acceptors (Lipinski definition) is 6. The van der Waals surface area contributed by atoms with Crippen molar-refractivity contribution in [3.8, 4) is 0 Å². The van der Waals surface area contributed by atoms with E-state index in [1.165, 1.54) is 11.3 Å². The van der Waals surface area contributed by atoms with Crippen LogP contribution in [0.4, 0.5) is 10.5 Å². The largest absolute Gasteiger partial charge is 0.322 e. The summed E-state index contributed by atoms with van der Waals surface area (Å²) < 4.78 is 0. The van der Waals surface area contributed by atoms with Gasteiger partial charge in [0.05, 0.1) is 4.88 Å². The minimum Gasteiger partial charge on any atom is -0.321 e. The number of hydrogen-bond donors (Lipinski definition) is 3. The topological polar surface area (TPSA) is 113 Å². The molecule has 0 radical (unpaired) electrons. The number of nitrogens with one attached hydrogen (secondary N) is 3. The van der Waals surface area contributed by atoms with Crippen molar-refractivity contribution in [2.24, 2.45) is 0 Å². The van der Waals surface area contributed by atoms with Crippen LogP contribution < -0.4 is 16.0 Å². The van der Waals surface area contributed by atoms with E-state index in [9.17, 15) is 14.4 Å². The number of carbonyl (C=O) groups excluding carboxylic acids is 3. The number of benzene rings is 1. The predicted octanol–water partition coefficient (Wildman–Crippen LogP) is 2.92. The fourth-order valence-corrected chi connectivity index (χ4v) is 4.71. The summed E-state index contributed by atoms with van der Waals surface area (Å²) in [6.07, 6.45) is 0. The number of carbonyl (C=O) groups is 3. The Hall–Kier alpha value is -3.33. The van der Waals surface area contributed by atoms with Crippen LogP contribution in [0.1, 0.15) is 39.2 Å². The van der Waals surface area contributed by atoms with Gasteiger partial charge in [-0.3, -0.25) is 14.9 Å². The lowest BCUT2D eigenvalue weighted by Crippen LogP contribution is -2.40. The minimum atomic E-state index is -1.18. The molecule has 2 aromatic heterocycles. The summed E-state index contributed by atoms with van der Waals surface area (Å²) in [5.41, 5.74) is 1.60. The Morgan fingerprint density at radius 2 is 1.93 bits per heavy atom. The molecule has 1 fully saturated rings. The average Bonchev–Trinajstić information content (AvgIpc) is 3.11. The Labute approximate surface area is 170 Å². The number of urea groups is 1. The Morgan fingerprint density at radius 1 is 1.17 bits per heavy atom. The molecule has 0 aliphatic carbocycles. The van der Waals surface area contributed by atoms with Crippen LogP contribution in [0.15, 0.2) is 24.3 Å². The van der Waals surface area contributed by atoms with E-state index in [0.717, 1.165) is 21.5 Å². The van der Waals surface area contributed by atoms with Crippen molar-refractivity contribution in [1.29, 1.82) is 0 Å². The summed E-state index contributed by atoms with van der Waals surface area (Å²) in [4.78, 5) is 46.8. The van der Waals surface area contributed by atoms with Crippen LogP contribution in [-0.4, -0.2) is 27.8 Å². The van der Waals surface area contributed by atoms with E-state index in [2.05, 4.69) is 25.9 Å². The maximum absolute atomic E-state index is 12.9. The third-order valence-electron chi connectivity index (χ3n) is 5.03. The SMILES string of the molecule is Cc1nc(C)c2c(C)c(C(=O)Nc3cccc(C4(C)NC(=O)NC4=O)c3)sc2n1. The van der Waals surface area contributed by atoms with Gasteiger partial charge in [-0.15, -0.1) is 11.3 Å². The summed E-state index contributed by atoms with van der Waals surface area (Å²) in [6, 6.07) is 6.33. The van der Waals surface area contributed by atoms with Gasteiger partial charge < -0.3 is 10.6 Å². The number of fused-ring (bicyclic) bond motifs is 1. The smallest absolute Gasteiger partial charge is 0.321 e. The van der Waals surface area contributed by atoms with Crippen LogP contribution >= 0.6 is 11.3 Å². The number of thiophene rings is 1. The van der Waals surface area contributed by atoms with E-state index in [0.29, 0.717) is 22.0 Å². The second kappa shape index (κ2) is 6.63. The Kier molecular flexibility index (Phi) is 4.34. The van der Waals surface area contributed by atoms with Crippen molar-refractivity contribution < 1.29 is 14.4 Å². The zero-order chi connectivity index (χ0) is 20.9. The molecular formula is C20H19N5O3S. The normalized spacial score (nSPS) is 18.6. The summed E-state index contributed by atoms with van der Waals surface area (Å²) in [5, 5.41) is 8.64. The summed E-state index contributed by atoms with van der Waals surface area (Å²) in [7, 11) is 0. The molecule has 1 unspecified atom stereocenters. The Morgan fingerprint density at radius 3 is 2.62 bits per heavy atom. The molecule has 29 heavy (non-hydrogen) atoms. The van der Waals surface area contributed by atoms with E-state index >= 15 is 0 Å². The molecule has 1 aliphatic heterocycles. The molecule has 1 atom stereocenters. The monoisotopic (exact) mass is 409 g/mol. The van der Waals surface area contributed by atoms with Gasteiger partial charge in [0.1, 0.15) is 16.2 Å². The van der Waals surface area contributed by atoms with Gasteiger partial charge in [-0.1, -0.05) is 12.1 Å². The van der Waals surface area contributed by atoms with Gasteiger partial charge in [0.25, 0.3) is 11.8 Å². The molecule has 4 amide bonds. The minimum absolute atomic E-state index is 0.259. The van der Waals surface area contributed by atoms with Crippen LogP contribution in [-0.2, 0) is 10.3 Å². The maximum atomic E-state index is 12.9. The van der Waals surface area contributed by atoms with Crippen LogP contribution in [0.25, 0.3) is 10.2 Å². The van der Waals surface area contributed by atoms with Crippen LogP contribution in [0, 0.1) is 20.8 Å². The fourth-order valence-electron chi connectivity index (χ4n) is 3.53. The van der Waals surface area contributed by atoms with Crippen LogP contribution in [0.3, 0.4) is 0 Å². The van der Waals surface area contributed by atoms with E-state index in [1.54, 1.807) is 31.2 Å². The second-order valence-corrected chi connectivity index (χ2v) is 8.16. The van der Waals surface area contributed by atoms with Crippen molar-refractivity contribution in [1.82, 2.24) is 20.6 Å². The van der Waals surface area contributed by atoms with Crippen molar-refractivity contribution in [3.63, 3.8) is 0 Å². The third-order valence-corrected chi connectivity index (χ3v) is 6.22. The van der Waals surface area contributed by atoms with E-state index in [4.69, 9.17) is 0 Å². The van der Waals surface area contributed by atoms with Gasteiger partial charge in [-0.25, -0.2) is 14.8 Å². The standard InChI is InChI=1S/C20H19N5O3S/c1-9-14-10(2)21-11(3)22-17(14)29-15(9)16(26)23-13-7-5-6-12(8-13)20(4)18(27)24-19(28)25-20/h5-8H,1-4H3,(H,23,26)(H2,24,25,27,28). The number of rotatable bonds is 3. The van der Waals surface area contributed by atoms with Gasteiger partial charge in [-0.05, 0) is 51.0 Å². The van der Waals surface area contributed by atoms with Crippen molar-refractivity contribution in [2.75, 3.05) is 5.32 Å². The van der Waals surface area contributed by atoms with E-state index in [-0.39, 0.29) is 5.91 Å². The predicted molar refractivity (Wildman–Crippen MR) is 110 cm³/mol. The first-order chi connectivity index (χ1) is 13.7. The van der Waals surface area contributed by atoms with Crippen LogP contribution in [0.2, 0.25) is 0 Å². The number of amides is 4. The van der Waals surface area contributed by atoms with E-state index < -0.39 is 17.5 Å². The average molecular weight is 409 g/mol. The molecule has 3 aromatic rings. The van der Waals surface area contributed by atoms with Gasteiger partial charge >= 0.3 is 6.03 Å². The number of aryl methyl sites for hydroxylation is 3. The zero-order valence-corrected chi connectivity index (χ0v) is 17.2. The lowest BCUT2D eigenvalue weighted by Gasteiger charge is -2.21. The maximum Gasteiger partial charge on any atom is 0.322 e. The molecule has 1 aromatic carbocycles. The third kappa shape index (κ3) is 3.13. The molecule has 9 heteroatoms. The molecular weight excluding hydrogens is 390 g/mol. The summed E-state index contributed by atoms with van der Waals surface area (Å²) in [6.45, 7) is 7.23. The first kappa shape index (κ1) is 19.0. The molecule has 3 heterocycles. The van der Waals surface area contributed by atoms with Gasteiger partial charge in [0.2, 0.25) is 0 Å². The van der Waals surface area contributed by atoms with Gasteiger partial charge in [0.15, 0.2) is 0 Å². The van der Waals surface area contributed by atoms with Gasteiger partial charge in [0, 0.05) is 16.8 Å². The fraction of sp³-hybridized carbons (Fsp3) is 0.250. The Bertz CT molecular complexity index is 1200. The Balaban J connectivity index is 1.66.